The Labute approximate surface area is 245 Å². The number of hydrogen-bond donors (Lipinski definition) is 5. The summed E-state index contributed by atoms with van der Waals surface area (Å²) in [7, 11) is -4.05. The Morgan fingerprint density at radius 3 is 2.48 bits per heavy atom. The van der Waals surface area contributed by atoms with Gasteiger partial charge in [0.1, 0.15) is 12.1 Å². The number of aliphatic hydroxyl groups excluding tert-OH is 1. The first kappa shape index (κ1) is 30.5. The molecule has 3 aromatic carbocycles. The van der Waals surface area contributed by atoms with E-state index >= 15 is 0 Å². The third-order valence-corrected chi connectivity index (χ3v) is 9.38. The molecule has 0 aliphatic carbocycles. The van der Waals surface area contributed by atoms with E-state index < -0.39 is 22.3 Å². The number of likely N-dealkylation sites (tertiary alicyclic amines) is 1. The number of aliphatic hydroxyl groups is 1. The number of piperidine rings is 1. The Hall–Kier alpha value is -2.50. The molecular formula is C29H35Cl2N5O3S. The van der Waals surface area contributed by atoms with E-state index in [4.69, 9.17) is 40.1 Å². The first-order valence-corrected chi connectivity index (χ1v) is 15.4. The van der Waals surface area contributed by atoms with E-state index in [1.165, 1.54) is 6.07 Å². The SMILES string of the molecule is N=C(N)c1cccc(CC(NS(=O)(=O)c2cccc(-c3ccc(Cl)cc3Cl)c2)C(O)N2CCC(CCN)CC2)c1. The molecule has 40 heavy (non-hydrogen) atoms. The van der Waals surface area contributed by atoms with E-state index in [0.717, 1.165) is 24.8 Å². The summed E-state index contributed by atoms with van der Waals surface area (Å²) < 4.78 is 30.1. The van der Waals surface area contributed by atoms with Crippen molar-refractivity contribution in [3.8, 4) is 11.1 Å². The van der Waals surface area contributed by atoms with Crippen molar-refractivity contribution in [1.82, 2.24) is 9.62 Å². The van der Waals surface area contributed by atoms with Crippen molar-refractivity contribution in [1.29, 1.82) is 5.41 Å². The fraction of sp³-hybridized carbons (Fsp3) is 0.345. The molecule has 1 heterocycles. The highest BCUT2D eigenvalue weighted by molar-refractivity contribution is 7.89. The van der Waals surface area contributed by atoms with E-state index in [9.17, 15) is 13.5 Å². The van der Waals surface area contributed by atoms with Crippen LogP contribution in [0.5, 0.6) is 0 Å². The van der Waals surface area contributed by atoms with Gasteiger partial charge in [-0.25, -0.2) is 13.1 Å². The molecule has 1 fully saturated rings. The van der Waals surface area contributed by atoms with Gasteiger partial charge in [-0.3, -0.25) is 10.3 Å². The lowest BCUT2D eigenvalue weighted by Gasteiger charge is -2.38. The van der Waals surface area contributed by atoms with Crippen molar-refractivity contribution >= 4 is 39.1 Å². The van der Waals surface area contributed by atoms with Crippen molar-refractivity contribution < 1.29 is 13.5 Å². The molecule has 1 saturated heterocycles. The zero-order chi connectivity index (χ0) is 28.9. The number of halogens is 2. The van der Waals surface area contributed by atoms with Crippen molar-refractivity contribution in [2.45, 2.75) is 42.8 Å². The topological polar surface area (TPSA) is 146 Å². The number of nitrogens with zero attached hydrogens (tertiary/aromatic N) is 1. The molecule has 1 aliphatic heterocycles. The number of nitrogen functional groups attached to an aromatic ring is 1. The average molecular weight is 605 g/mol. The van der Waals surface area contributed by atoms with E-state index in [1.807, 2.05) is 11.0 Å². The van der Waals surface area contributed by atoms with Crippen LogP contribution in [-0.2, 0) is 16.4 Å². The lowest BCUT2D eigenvalue weighted by molar-refractivity contribution is -0.0368. The summed E-state index contributed by atoms with van der Waals surface area (Å²) in [6, 6.07) is 17.7. The average Bonchev–Trinajstić information content (AvgIpc) is 2.93. The molecule has 0 spiro atoms. The highest BCUT2D eigenvalue weighted by Gasteiger charge is 2.32. The number of amidine groups is 1. The normalized spacial score (nSPS) is 16.5. The Kier molecular flexibility index (Phi) is 10.2. The molecule has 0 aromatic heterocycles. The minimum Gasteiger partial charge on any atom is -0.384 e. The minimum atomic E-state index is -4.05. The summed E-state index contributed by atoms with van der Waals surface area (Å²) in [6.45, 7) is 1.91. The zero-order valence-corrected chi connectivity index (χ0v) is 24.4. The third-order valence-electron chi connectivity index (χ3n) is 7.34. The second kappa shape index (κ2) is 13.4. The van der Waals surface area contributed by atoms with Crippen LogP contribution in [0.1, 0.15) is 30.4 Å². The number of benzene rings is 3. The molecule has 0 radical (unpaired) electrons. The maximum absolute atomic E-state index is 13.7. The van der Waals surface area contributed by atoms with E-state index in [0.29, 0.717) is 52.3 Å². The fourth-order valence-electron chi connectivity index (χ4n) is 5.15. The van der Waals surface area contributed by atoms with Crippen LogP contribution in [0, 0.1) is 11.3 Å². The molecule has 8 nitrogen and oxygen atoms in total. The number of sulfonamides is 1. The predicted octanol–water partition coefficient (Wildman–Crippen LogP) is 4.21. The molecule has 2 unspecified atom stereocenters. The Balaban J connectivity index is 1.62. The highest BCUT2D eigenvalue weighted by Crippen LogP contribution is 2.32. The molecule has 2 atom stereocenters. The second-order valence-electron chi connectivity index (χ2n) is 10.2. The van der Waals surface area contributed by atoms with Crippen LogP contribution < -0.4 is 16.2 Å². The Morgan fingerprint density at radius 2 is 1.80 bits per heavy atom. The van der Waals surface area contributed by atoms with Crippen molar-refractivity contribution in [3.63, 3.8) is 0 Å². The van der Waals surface area contributed by atoms with Crippen molar-refractivity contribution in [2.24, 2.45) is 17.4 Å². The summed E-state index contributed by atoms with van der Waals surface area (Å²) in [6.07, 6.45) is 1.84. The van der Waals surface area contributed by atoms with Gasteiger partial charge in [-0.05, 0) is 79.6 Å². The monoisotopic (exact) mass is 603 g/mol. The van der Waals surface area contributed by atoms with Crippen molar-refractivity contribution in [2.75, 3.05) is 19.6 Å². The van der Waals surface area contributed by atoms with Gasteiger partial charge in [-0.2, -0.15) is 0 Å². The molecule has 0 saturated carbocycles. The molecule has 4 rings (SSSR count). The van der Waals surface area contributed by atoms with Gasteiger partial charge < -0.3 is 16.6 Å². The summed E-state index contributed by atoms with van der Waals surface area (Å²) in [5, 5.41) is 20.1. The summed E-state index contributed by atoms with van der Waals surface area (Å²) in [5.41, 5.74) is 14.0. The lowest BCUT2D eigenvalue weighted by atomic mass is 9.92. The fourth-order valence-corrected chi connectivity index (χ4v) is 6.94. The zero-order valence-electron chi connectivity index (χ0n) is 22.1. The molecular weight excluding hydrogens is 569 g/mol. The van der Waals surface area contributed by atoms with Crippen LogP contribution >= 0.6 is 23.2 Å². The quantitative estimate of drug-likeness (QED) is 0.164. The smallest absolute Gasteiger partial charge is 0.240 e. The maximum Gasteiger partial charge on any atom is 0.240 e. The number of nitrogens with two attached hydrogens (primary N) is 2. The molecule has 3 aromatic rings. The second-order valence-corrected chi connectivity index (χ2v) is 12.7. The first-order valence-electron chi connectivity index (χ1n) is 13.2. The number of hydrogen-bond acceptors (Lipinski definition) is 6. The molecule has 11 heteroatoms. The van der Waals surface area contributed by atoms with Crippen LogP contribution in [0.4, 0.5) is 0 Å². The van der Waals surface area contributed by atoms with Crippen LogP contribution in [0.25, 0.3) is 11.1 Å². The standard InChI is InChI=1S/C29H35Cl2N5O3S/c30-23-7-8-25(26(31)18-23)21-4-2-6-24(17-21)40(38,39)35-27(16-20-3-1-5-22(15-20)28(33)34)29(37)36-13-10-19(9-12-32)11-14-36/h1-8,15,17-19,27,29,35,37H,9-14,16,32H2,(H3,33,34). The van der Waals surface area contributed by atoms with Gasteiger partial charge in [0.25, 0.3) is 0 Å². The summed E-state index contributed by atoms with van der Waals surface area (Å²) >= 11 is 12.4. The van der Waals surface area contributed by atoms with Gasteiger partial charge in [-0.15, -0.1) is 0 Å². The van der Waals surface area contributed by atoms with Crippen LogP contribution in [0.3, 0.4) is 0 Å². The number of rotatable bonds is 11. The summed E-state index contributed by atoms with van der Waals surface area (Å²) in [5.74, 6) is 0.414. The van der Waals surface area contributed by atoms with Crippen molar-refractivity contribution in [3.05, 3.63) is 87.9 Å². The molecule has 0 bridgehead atoms. The van der Waals surface area contributed by atoms with Gasteiger partial charge in [0.15, 0.2) is 0 Å². The molecule has 214 valence electrons. The molecule has 0 amide bonds. The maximum atomic E-state index is 13.7. The Bertz CT molecular complexity index is 1450. The van der Waals surface area contributed by atoms with Gasteiger partial charge >= 0.3 is 0 Å². The third kappa shape index (κ3) is 7.61. The van der Waals surface area contributed by atoms with E-state index in [2.05, 4.69) is 4.72 Å². The Morgan fingerprint density at radius 1 is 1.07 bits per heavy atom. The van der Waals surface area contributed by atoms with E-state index in [-0.39, 0.29) is 17.2 Å². The van der Waals surface area contributed by atoms with Gasteiger partial charge in [0, 0.05) is 34.3 Å². The van der Waals surface area contributed by atoms with Gasteiger partial charge in [-0.1, -0.05) is 59.6 Å². The van der Waals surface area contributed by atoms with E-state index in [1.54, 1.807) is 54.6 Å². The lowest BCUT2D eigenvalue weighted by Crippen LogP contribution is -2.54. The van der Waals surface area contributed by atoms with Crippen LogP contribution in [0.2, 0.25) is 10.0 Å². The van der Waals surface area contributed by atoms with Crippen LogP contribution in [0.15, 0.2) is 71.6 Å². The van der Waals surface area contributed by atoms with Gasteiger partial charge in [0.2, 0.25) is 10.0 Å². The molecule has 7 N–H and O–H groups in total. The number of nitrogens with one attached hydrogen (secondary N) is 2. The first-order chi connectivity index (χ1) is 19.1. The molecule has 1 aliphatic rings. The summed E-state index contributed by atoms with van der Waals surface area (Å²) in [4.78, 5) is 1.96. The minimum absolute atomic E-state index is 0.0485. The van der Waals surface area contributed by atoms with Crippen LogP contribution in [-0.4, -0.2) is 56.2 Å². The largest absolute Gasteiger partial charge is 0.384 e. The highest BCUT2D eigenvalue weighted by atomic mass is 35.5. The predicted molar refractivity (Wildman–Crippen MR) is 161 cm³/mol. The van der Waals surface area contributed by atoms with Gasteiger partial charge in [0.05, 0.1) is 10.9 Å².